The number of anilines is 1. The van der Waals surface area contributed by atoms with Crippen LogP contribution in [0.15, 0.2) is 64.9 Å². The highest BCUT2D eigenvalue weighted by molar-refractivity contribution is 8.00. The molecule has 0 aliphatic carbocycles. The zero-order chi connectivity index (χ0) is 21.0. The van der Waals surface area contributed by atoms with Crippen molar-refractivity contribution in [2.75, 3.05) is 12.4 Å². The monoisotopic (exact) mass is 433 g/mol. The average Bonchev–Trinajstić information content (AvgIpc) is 3.15. The number of nitrogens with one attached hydrogen (secondary N) is 1. The van der Waals surface area contributed by atoms with Crippen molar-refractivity contribution in [1.29, 1.82) is 0 Å². The zero-order valence-electron chi connectivity index (χ0n) is 15.6. The Morgan fingerprint density at radius 3 is 2.55 bits per heavy atom. The number of aromatic nitrogens is 3. The van der Waals surface area contributed by atoms with Gasteiger partial charge in [0.2, 0.25) is 15.9 Å². The summed E-state index contributed by atoms with van der Waals surface area (Å²) in [5.41, 5.74) is 1.22. The summed E-state index contributed by atoms with van der Waals surface area (Å²) in [5, 5.41) is 15.9. The van der Waals surface area contributed by atoms with Crippen LogP contribution in [-0.2, 0) is 14.8 Å². The molecule has 3 rings (SSSR count). The molecule has 0 aliphatic heterocycles. The summed E-state index contributed by atoms with van der Waals surface area (Å²) in [4.78, 5) is 12.5. The summed E-state index contributed by atoms with van der Waals surface area (Å²) in [6.45, 7) is 1.74. The van der Waals surface area contributed by atoms with Gasteiger partial charge in [0.25, 0.3) is 0 Å². The van der Waals surface area contributed by atoms with Gasteiger partial charge in [0, 0.05) is 5.69 Å². The number of hydrogen-bond acceptors (Lipinski definition) is 7. The van der Waals surface area contributed by atoms with Crippen LogP contribution < -0.4 is 15.2 Å². The van der Waals surface area contributed by atoms with E-state index >= 15 is 0 Å². The normalized spacial score (nSPS) is 12.4. The summed E-state index contributed by atoms with van der Waals surface area (Å²) in [7, 11) is -2.20. The molecule has 11 heteroatoms. The average molecular weight is 434 g/mol. The Morgan fingerprint density at radius 1 is 1.21 bits per heavy atom. The number of ether oxygens (including phenoxy) is 1. The van der Waals surface area contributed by atoms with Crippen LogP contribution in [0.3, 0.4) is 0 Å². The van der Waals surface area contributed by atoms with Crippen LogP contribution in [0, 0.1) is 0 Å². The Balaban J connectivity index is 1.72. The molecule has 0 fully saturated rings. The smallest absolute Gasteiger partial charge is 0.238 e. The van der Waals surface area contributed by atoms with Crippen molar-refractivity contribution in [3.05, 3.63) is 54.9 Å². The zero-order valence-corrected chi connectivity index (χ0v) is 17.3. The summed E-state index contributed by atoms with van der Waals surface area (Å²) < 4.78 is 29.7. The van der Waals surface area contributed by atoms with Crippen LogP contribution in [-0.4, -0.2) is 41.4 Å². The Hall–Kier alpha value is -2.89. The van der Waals surface area contributed by atoms with Crippen LogP contribution in [0.4, 0.5) is 5.69 Å². The fourth-order valence-electron chi connectivity index (χ4n) is 2.48. The summed E-state index contributed by atoms with van der Waals surface area (Å²) in [6.07, 6.45) is 1.55. The molecule has 0 saturated heterocycles. The molecule has 1 atom stereocenters. The summed E-state index contributed by atoms with van der Waals surface area (Å²) >= 11 is 1.23. The quantitative estimate of drug-likeness (QED) is 0.546. The maximum atomic E-state index is 12.5. The molecule has 3 aromatic rings. The lowest BCUT2D eigenvalue weighted by molar-refractivity contribution is -0.115. The Kier molecular flexibility index (Phi) is 6.20. The number of nitrogens with two attached hydrogens (primary N) is 1. The molecule has 0 bridgehead atoms. The van der Waals surface area contributed by atoms with Gasteiger partial charge in [-0.15, -0.1) is 10.2 Å². The number of amides is 1. The number of para-hydroxylation sites is 2. The van der Waals surface area contributed by atoms with E-state index < -0.39 is 15.3 Å². The van der Waals surface area contributed by atoms with Gasteiger partial charge in [0.05, 0.1) is 22.9 Å². The van der Waals surface area contributed by atoms with E-state index in [1.54, 1.807) is 24.9 Å². The predicted octanol–water partition coefficient (Wildman–Crippen LogP) is 2.04. The third-order valence-electron chi connectivity index (χ3n) is 3.96. The largest absolute Gasteiger partial charge is 0.495 e. The molecule has 1 aromatic heterocycles. The molecule has 0 aliphatic rings. The van der Waals surface area contributed by atoms with E-state index in [-0.39, 0.29) is 10.8 Å². The third-order valence-corrected chi connectivity index (χ3v) is 5.95. The summed E-state index contributed by atoms with van der Waals surface area (Å²) in [5.74, 6) is 0.383. The van der Waals surface area contributed by atoms with Gasteiger partial charge in [0.15, 0.2) is 5.16 Å². The minimum absolute atomic E-state index is 0.0252. The van der Waals surface area contributed by atoms with E-state index in [9.17, 15) is 13.2 Å². The number of methoxy groups -OCH3 is 1. The van der Waals surface area contributed by atoms with Crippen LogP contribution in [0.5, 0.6) is 5.75 Å². The molecule has 1 amide bonds. The number of sulfonamides is 1. The number of primary sulfonamides is 1. The molecule has 152 valence electrons. The number of rotatable bonds is 7. The summed E-state index contributed by atoms with van der Waals surface area (Å²) in [6, 6.07) is 13.0. The number of hydrogen-bond donors (Lipinski definition) is 2. The number of benzene rings is 2. The fourth-order valence-corrected chi connectivity index (χ4v) is 3.83. The van der Waals surface area contributed by atoms with Crippen LogP contribution in [0.25, 0.3) is 5.69 Å². The topological polar surface area (TPSA) is 129 Å². The van der Waals surface area contributed by atoms with Crippen LogP contribution >= 0.6 is 11.8 Å². The first-order chi connectivity index (χ1) is 13.8. The van der Waals surface area contributed by atoms with E-state index in [0.717, 1.165) is 5.69 Å². The second kappa shape index (κ2) is 8.64. The van der Waals surface area contributed by atoms with Crippen molar-refractivity contribution in [2.24, 2.45) is 5.14 Å². The fraction of sp³-hybridized carbons (Fsp3) is 0.167. The third kappa shape index (κ3) is 4.94. The molecule has 3 N–H and O–H groups in total. The van der Waals surface area contributed by atoms with Crippen molar-refractivity contribution in [3.63, 3.8) is 0 Å². The molecule has 0 saturated carbocycles. The van der Waals surface area contributed by atoms with Crippen molar-refractivity contribution in [1.82, 2.24) is 14.8 Å². The van der Waals surface area contributed by atoms with Gasteiger partial charge in [-0.05, 0) is 43.3 Å². The second-order valence-electron chi connectivity index (χ2n) is 5.97. The van der Waals surface area contributed by atoms with E-state index in [4.69, 9.17) is 9.88 Å². The number of nitrogens with zero attached hydrogens (tertiary/aromatic N) is 3. The highest BCUT2D eigenvalue weighted by atomic mass is 32.2. The molecule has 2 aromatic carbocycles. The molecule has 0 unspecified atom stereocenters. The Labute approximate surface area is 172 Å². The highest BCUT2D eigenvalue weighted by Gasteiger charge is 2.20. The minimum Gasteiger partial charge on any atom is -0.495 e. The second-order valence-corrected chi connectivity index (χ2v) is 8.84. The molecule has 29 heavy (non-hydrogen) atoms. The molecular weight excluding hydrogens is 414 g/mol. The maximum absolute atomic E-state index is 12.5. The Bertz CT molecular complexity index is 1110. The minimum atomic E-state index is -3.78. The van der Waals surface area contributed by atoms with E-state index in [2.05, 4.69) is 15.5 Å². The van der Waals surface area contributed by atoms with Gasteiger partial charge < -0.3 is 10.1 Å². The molecule has 1 heterocycles. The van der Waals surface area contributed by atoms with Crippen LogP contribution in [0.1, 0.15) is 6.92 Å². The first-order valence-corrected chi connectivity index (χ1v) is 10.9. The standard InChI is InChI=1S/C18H19N5O4S2/c1-12(17(24)21-13-7-9-14(10-8-13)29(19,25)26)28-18-22-20-11-23(18)15-5-3-4-6-16(15)27-2/h3-12H,1-2H3,(H,21,24)(H2,19,25,26)/t12-/m0/s1. The van der Waals surface area contributed by atoms with Crippen molar-refractivity contribution < 1.29 is 17.9 Å². The Morgan fingerprint density at radius 2 is 1.90 bits per heavy atom. The van der Waals surface area contributed by atoms with E-state index in [0.29, 0.717) is 16.6 Å². The first kappa shape index (κ1) is 20.8. The lowest BCUT2D eigenvalue weighted by Gasteiger charge is -2.14. The molecular formula is C18H19N5O4S2. The van der Waals surface area contributed by atoms with Gasteiger partial charge in [0.1, 0.15) is 12.1 Å². The number of carbonyl (C=O) groups is 1. The highest BCUT2D eigenvalue weighted by Crippen LogP contribution is 2.29. The van der Waals surface area contributed by atoms with Crippen molar-refractivity contribution in [3.8, 4) is 11.4 Å². The molecule has 0 radical (unpaired) electrons. The van der Waals surface area contributed by atoms with Crippen molar-refractivity contribution in [2.45, 2.75) is 22.2 Å². The van der Waals surface area contributed by atoms with E-state index in [1.807, 2.05) is 24.3 Å². The first-order valence-electron chi connectivity index (χ1n) is 8.43. The number of thioether (sulfide) groups is 1. The van der Waals surface area contributed by atoms with Gasteiger partial charge in [-0.25, -0.2) is 13.6 Å². The van der Waals surface area contributed by atoms with Crippen molar-refractivity contribution >= 4 is 33.4 Å². The maximum Gasteiger partial charge on any atom is 0.238 e. The van der Waals surface area contributed by atoms with Crippen LogP contribution in [0.2, 0.25) is 0 Å². The number of carbonyl (C=O) groups excluding carboxylic acids is 1. The van der Waals surface area contributed by atoms with E-state index in [1.165, 1.54) is 36.0 Å². The lowest BCUT2D eigenvalue weighted by Crippen LogP contribution is -2.23. The van der Waals surface area contributed by atoms with Gasteiger partial charge in [-0.1, -0.05) is 23.9 Å². The van der Waals surface area contributed by atoms with Gasteiger partial charge in [-0.3, -0.25) is 9.36 Å². The lowest BCUT2D eigenvalue weighted by atomic mass is 10.3. The molecule has 9 nitrogen and oxygen atoms in total. The van der Waals surface area contributed by atoms with Gasteiger partial charge >= 0.3 is 0 Å². The molecule has 0 spiro atoms. The predicted molar refractivity (Wildman–Crippen MR) is 110 cm³/mol. The SMILES string of the molecule is COc1ccccc1-n1cnnc1S[C@@H](C)C(=O)Nc1ccc(S(N)(=O)=O)cc1. The van der Waals surface area contributed by atoms with Gasteiger partial charge in [-0.2, -0.15) is 0 Å².